The highest BCUT2D eigenvalue weighted by atomic mass is 35.5. The zero-order chi connectivity index (χ0) is 15.9. The van der Waals surface area contributed by atoms with Gasteiger partial charge in [0, 0.05) is 6.20 Å². The molecular weight excluding hydrogens is 306 g/mol. The van der Waals surface area contributed by atoms with Crippen molar-refractivity contribution in [2.45, 2.75) is 6.42 Å². The maximum Gasteiger partial charge on any atom is 0.258 e. The average molecular weight is 320 g/mol. The second-order valence-electron chi connectivity index (χ2n) is 4.36. The van der Waals surface area contributed by atoms with Gasteiger partial charge in [0.25, 0.3) is 5.91 Å². The summed E-state index contributed by atoms with van der Waals surface area (Å²) in [4.78, 5) is 26.8. The number of carbonyl (C=O) groups excluding carboxylic acids is 2. The summed E-state index contributed by atoms with van der Waals surface area (Å²) in [6, 6.07) is 10.1. The normalized spacial score (nSPS) is 10.0. The molecule has 1 aromatic heterocycles. The van der Waals surface area contributed by atoms with Crippen LogP contribution in [0.2, 0.25) is 5.15 Å². The Morgan fingerprint density at radius 3 is 2.73 bits per heavy atom. The molecule has 0 aliphatic heterocycles. The first kappa shape index (κ1) is 15.8. The minimum Gasteiger partial charge on any atom is -0.491 e. The summed E-state index contributed by atoms with van der Waals surface area (Å²) >= 11 is 5.89. The Kier molecular flexibility index (Phi) is 5.32. The van der Waals surface area contributed by atoms with Gasteiger partial charge in [-0.3, -0.25) is 9.59 Å². The fourth-order valence-corrected chi connectivity index (χ4v) is 1.91. The van der Waals surface area contributed by atoms with Gasteiger partial charge in [0.15, 0.2) is 0 Å². The number of pyridine rings is 1. The van der Waals surface area contributed by atoms with E-state index in [9.17, 15) is 9.59 Å². The quantitative estimate of drug-likeness (QED) is 0.798. The van der Waals surface area contributed by atoms with E-state index in [-0.39, 0.29) is 23.7 Å². The summed E-state index contributed by atoms with van der Waals surface area (Å²) in [6.45, 7) is 0.135. The standard InChI is InChI=1S/C15H14ClN3O3/c16-14-10(4-3-8-18-14)15(21)19-11-5-1-2-6-12(11)22-9-7-13(17)20/h1-6,8H,7,9H2,(H2,17,20)(H,19,21). The Bertz CT molecular complexity index is 691. The van der Waals surface area contributed by atoms with Crippen LogP contribution in [0.1, 0.15) is 16.8 Å². The molecule has 0 atom stereocenters. The summed E-state index contributed by atoms with van der Waals surface area (Å²) in [5.41, 5.74) is 5.79. The first-order valence-corrected chi connectivity index (χ1v) is 6.87. The van der Waals surface area contributed by atoms with Crippen LogP contribution < -0.4 is 15.8 Å². The van der Waals surface area contributed by atoms with Crippen molar-refractivity contribution in [2.24, 2.45) is 5.73 Å². The topological polar surface area (TPSA) is 94.3 Å². The Morgan fingerprint density at radius 2 is 2.00 bits per heavy atom. The number of nitrogens with one attached hydrogen (secondary N) is 1. The highest BCUT2D eigenvalue weighted by Gasteiger charge is 2.13. The van der Waals surface area contributed by atoms with Crippen molar-refractivity contribution in [3.8, 4) is 5.75 Å². The zero-order valence-electron chi connectivity index (χ0n) is 11.6. The average Bonchev–Trinajstić information content (AvgIpc) is 2.49. The van der Waals surface area contributed by atoms with Crippen molar-refractivity contribution in [3.63, 3.8) is 0 Å². The number of carbonyl (C=O) groups is 2. The number of nitrogens with two attached hydrogens (primary N) is 1. The van der Waals surface area contributed by atoms with E-state index in [1.807, 2.05) is 0 Å². The number of halogens is 1. The molecule has 0 unspecified atom stereocenters. The van der Waals surface area contributed by atoms with Gasteiger partial charge in [-0.2, -0.15) is 0 Å². The van der Waals surface area contributed by atoms with Gasteiger partial charge in [-0.15, -0.1) is 0 Å². The molecule has 0 spiro atoms. The number of para-hydroxylation sites is 2. The fraction of sp³-hybridized carbons (Fsp3) is 0.133. The minimum atomic E-state index is -0.455. The van der Waals surface area contributed by atoms with E-state index in [0.29, 0.717) is 11.4 Å². The van der Waals surface area contributed by atoms with Gasteiger partial charge in [0.05, 0.1) is 24.3 Å². The van der Waals surface area contributed by atoms with Crippen molar-refractivity contribution >= 4 is 29.1 Å². The second-order valence-corrected chi connectivity index (χ2v) is 4.71. The first-order valence-electron chi connectivity index (χ1n) is 6.50. The lowest BCUT2D eigenvalue weighted by molar-refractivity contribution is -0.118. The van der Waals surface area contributed by atoms with E-state index in [2.05, 4.69) is 10.3 Å². The third kappa shape index (κ3) is 4.20. The van der Waals surface area contributed by atoms with Crippen LogP contribution >= 0.6 is 11.6 Å². The Hall–Kier alpha value is -2.60. The van der Waals surface area contributed by atoms with Crippen LogP contribution in [0, 0.1) is 0 Å². The number of nitrogens with zero attached hydrogens (tertiary/aromatic N) is 1. The monoisotopic (exact) mass is 319 g/mol. The molecule has 2 aromatic rings. The van der Waals surface area contributed by atoms with Gasteiger partial charge in [-0.1, -0.05) is 23.7 Å². The van der Waals surface area contributed by atoms with Gasteiger partial charge < -0.3 is 15.8 Å². The van der Waals surface area contributed by atoms with Crippen LogP contribution in [0.25, 0.3) is 0 Å². The zero-order valence-corrected chi connectivity index (χ0v) is 12.3. The van der Waals surface area contributed by atoms with E-state index < -0.39 is 11.8 Å². The molecule has 0 saturated heterocycles. The summed E-state index contributed by atoms with van der Waals surface area (Å²) in [5.74, 6) is -0.412. The van der Waals surface area contributed by atoms with Gasteiger partial charge in [0.1, 0.15) is 10.9 Å². The van der Waals surface area contributed by atoms with Crippen molar-refractivity contribution in [1.82, 2.24) is 4.98 Å². The first-order chi connectivity index (χ1) is 10.6. The van der Waals surface area contributed by atoms with Gasteiger partial charge >= 0.3 is 0 Å². The van der Waals surface area contributed by atoms with Crippen LogP contribution in [-0.4, -0.2) is 23.4 Å². The third-order valence-electron chi connectivity index (χ3n) is 2.75. The van der Waals surface area contributed by atoms with Crippen LogP contribution in [0.15, 0.2) is 42.6 Å². The minimum absolute atomic E-state index is 0.0940. The molecule has 2 amide bonds. The molecule has 0 fully saturated rings. The number of ether oxygens (including phenoxy) is 1. The predicted octanol–water partition coefficient (Wildman–Crippen LogP) is 2.24. The number of primary amides is 1. The van der Waals surface area contributed by atoms with E-state index in [4.69, 9.17) is 22.1 Å². The highest BCUT2D eigenvalue weighted by Crippen LogP contribution is 2.25. The number of hydrogen-bond acceptors (Lipinski definition) is 4. The molecule has 114 valence electrons. The fourth-order valence-electron chi connectivity index (χ4n) is 1.70. The Labute approximate surface area is 132 Å². The number of rotatable bonds is 6. The highest BCUT2D eigenvalue weighted by molar-refractivity contribution is 6.33. The van der Waals surface area contributed by atoms with E-state index in [1.165, 1.54) is 6.20 Å². The molecule has 1 heterocycles. The van der Waals surface area contributed by atoms with Crippen molar-refractivity contribution in [1.29, 1.82) is 0 Å². The van der Waals surface area contributed by atoms with E-state index in [0.717, 1.165) is 0 Å². The molecule has 7 heteroatoms. The Morgan fingerprint density at radius 1 is 1.23 bits per heavy atom. The SMILES string of the molecule is NC(=O)CCOc1ccccc1NC(=O)c1cccnc1Cl. The van der Waals surface area contributed by atoms with Crippen LogP contribution in [0.3, 0.4) is 0 Å². The maximum absolute atomic E-state index is 12.2. The summed E-state index contributed by atoms with van der Waals surface area (Å²) < 4.78 is 5.45. The molecule has 0 aliphatic carbocycles. The molecule has 0 bridgehead atoms. The third-order valence-corrected chi connectivity index (χ3v) is 3.05. The summed E-state index contributed by atoms with van der Waals surface area (Å²) in [5, 5.41) is 2.82. The molecule has 2 rings (SSSR count). The van der Waals surface area contributed by atoms with Gasteiger partial charge in [-0.25, -0.2) is 4.98 Å². The summed E-state index contributed by atoms with van der Waals surface area (Å²) in [6.07, 6.45) is 1.59. The van der Waals surface area contributed by atoms with E-state index in [1.54, 1.807) is 36.4 Å². The molecule has 6 nitrogen and oxygen atoms in total. The number of anilines is 1. The van der Waals surface area contributed by atoms with Crippen molar-refractivity contribution < 1.29 is 14.3 Å². The van der Waals surface area contributed by atoms with Crippen LogP contribution in [-0.2, 0) is 4.79 Å². The van der Waals surface area contributed by atoms with Gasteiger partial charge in [0.2, 0.25) is 5.91 Å². The molecule has 3 N–H and O–H groups in total. The molecule has 22 heavy (non-hydrogen) atoms. The molecular formula is C15H14ClN3O3. The number of benzene rings is 1. The van der Waals surface area contributed by atoms with Crippen LogP contribution in [0.5, 0.6) is 5.75 Å². The lowest BCUT2D eigenvalue weighted by Crippen LogP contribution is -2.16. The van der Waals surface area contributed by atoms with Gasteiger partial charge in [-0.05, 0) is 24.3 Å². The number of aromatic nitrogens is 1. The predicted molar refractivity (Wildman–Crippen MR) is 82.9 cm³/mol. The summed E-state index contributed by atoms with van der Waals surface area (Å²) in [7, 11) is 0. The lowest BCUT2D eigenvalue weighted by atomic mass is 10.2. The van der Waals surface area contributed by atoms with Crippen LogP contribution in [0.4, 0.5) is 5.69 Å². The largest absolute Gasteiger partial charge is 0.491 e. The molecule has 0 radical (unpaired) electrons. The van der Waals surface area contributed by atoms with Crippen molar-refractivity contribution in [2.75, 3.05) is 11.9 Å². The van der Waals surface area contributed by atoms with Crippen molar-refractivity contribution in [3.05, 3.63) is 53.3 Å². The molecule has 1 aromatic carbocycles. The van der Waals surface area contributed by atoms with E-state index >= 15 is 0 Å². The molecule has 0 aliphatic rings. The molecule has 0 saturated carbocycles. The Balaban J connectivity index is 2.11. The maximum atomic E-state index is 12.2. The number of amides is 2. The smallest absolute Gasteiger partial charge is 0.258 e. The number of hydrogen-bond donors (Lipinski definition) is 2. The lowest BCUT2D eigenvalue weighted by Gasteiger charge is -2.12. The second kappa shape index (κ2) is 7.42.